The lowest BCUT2D eigenvalue weighted by molar-refractivity contribution is 0.673. The Bertz CT molecular complexity index is 3440. The van der Waals surface area contributed by atoms with Crippen molar-refractivity contribution < 1.29 is 4.42 Å². The van der Waals surface area contributed by atoms with Crippen molar-refractivity contribution in [2.24, 2.45) is 0 Å². The van der Waals surface area contributed by atoms with Crippen molar-refractivity contribution in [3.8, 4) is 39.9 Å². The number of rotatable bonds is 4. The molecule has 0 aliphatic heterocycles. The van der Waals surface area contributed by atoms with E-state index < -0.39 is 0 Å². The zero-order valence-electron chi connectivity index (χ0n) is 30.0. The summed E-state index contributed by atoms with van der Waals surface area (Å²) in [5, 5.41) is 11.7. The van der Waals surface area contributed by atoms with Crippen LogP contribution < -0.4 is 0 Å². The first-order chi connectivity index (χ1) is 27.8. The Labute approximate surface area is 320 Å². The third-order valence-electron chi connectivity index (χ3n) is 11.2. The molecule has 0 radical (unpaired) electrons. The van der Waals surface area contributed by atoms with Gasteiger partial charge in [0.2, 0.25) is 5.95 Å². The van der Waals surface area contributed by atoms with Crippen LogP contribution in [0.1, 0.15) is 0 Å². The maximum Gasteiger partial charge on any atom is 0.238 e. The van der Waals surface area contributed by atoms with E-state index in [-0.39, 0.29) is 0 Å². The van der Waals surface area contributed by atoms with Gasteiger partial charge >= 0.3 is 0 Å². The number of aromatic nitrogens is 4. The van der Waals surface area contributed by atoms with Gasteiger partial charge in [-0.25, -0.2) is 4.98 Å². The fourth-order valence-electron chi connectivity index (χ4n) is 8.73. The highest BCUT2D eigenvalue weighted by molar-refractivity contribution is 6.29. The minimum atomic E-state index is 0.540. The fraction of sp³-hybridized carbons (Fsp3) is 0. The van der Waals surface area contributed by atoms with E-state index in [9.17, 15) is 0 Å². The van der Waals surface area contributed by atoms with Gasteiger partial charge in [0.1, 0.15) is 11.2 Å². The maximum atomic E-state index is 6.81. The van der Waals surface area contributed by atoms with Gasteiger partial charge in [0.05, 0.1) is 16.4 Å². The second kappa shape index (κ2) is 11.9. The van der Waals surface area contributed by atoms with E-state index in [4.69, 9.17) is 19.4 Å². The van der Waals surface area contributed by atoms with Crippen LogP contribution in [-0.2, 0) is 0 Å². The average Bonchev–Trinajstić information content (AvgIpc) is 3.83. The molecule has 9 aromatic carbocycles. The molecule has 5 nitrogen and oxygen atoms in total. The third kappa shape index (κ3) is 4.52. The monoisotopic (exact) mass is 714 g/mol. The SMILES string of the molecule is c1ccc(-c2nc(-c3ccccc3)nc(-n3c4ccccc4c4c5oc6ccccc6c5cc(-c5ccc6c7ccccc7c7ccccc7c6c5)c43)n2)cc1. The lowest BCUT2D eigenvalue weighted by atomic mass is 9.91. The Morgan fingerprint density at radius 3 is 1.54 bits per heavy atom. The molecule has 0 amide bonds. The third-order valence-corrected chi connectivity index (χ3v) is 11.2. The molecule has 0 aliphatic rings. The number of furan rings is 1. The van der Waals surface area contributed by atoms with Gasteiger partial charge in [0, 0.05) is 32.8 Å². The molecule has 0 spiro atoms. The highest BCUT2D eigenvalue weighted by atomic mass is 16.3. The topological polar surface area (TPSA) is 56.7 Å². The molecule has 0 unspecified atom stereocenters. The highest BCUT2D eigenvalue weighted by Gasteiger charge is 2.25. The van der Waals surface area contributed by atoms with Crippen LogP contribution in [0, 0.1) is 0 Å². The molecule has 3 aromatic heterocycles. The number of fused-ring (bicyclic) bond motifs is 13. The van der Waals surface area contributed by atoms with Crippen molar-refractivity contribution in [2.75, 3.05) is 0 Å². The van der Waals surface area contributed by atoms with Crippen LogP contribution >= 0.6 is 0 Å². The summed E-state index contributed by atoms with van der Waals surface area (Å²) in [4.78, 5) is 15.6. The summed E-state index contributed by atoms with van der Waals surface area (Å²) in [6, 6.07) is 63.8. The van der Waals surface area contributed by atoms with Gasteiger partial charge in [-0.3, -0.25) is 4.57 Å². The summed E-state index contributed by atoms with van der Waals surface area (Å²) in [5.74, 6) is 1.75. The summed E-state index contributed by atoms with van der Waals surface area (Å²) < 4.78 is 9.03. The molecule has 0 aliphatic carbocycles. The van der Waals surface area contributed by atoms with Gasteiger partial charge in [-0.2, -0.15) is 9.97 Å². The summed E-state index contributed by atoms with van der Waals surface area (Å²) in [5.41, 5.74) is 7.66. The first-order valence-corrected chi connectivity index (χ1v) is 18.9. The summed E-state index contributed by atoms with van der Waals surface area (Å²) in [7, 11) is 0. The minimum absolute atomic E-state index is 0.540. The van der Waals surface area contributed by atoms with Crippen molar-refractivity contribution in [3.63, 3.8) is 0 Å². The van der Waals surface area contributed by atoms with Crippen LogP contribution in [0.15, 0.2) is 186 Å². The zero-order valence-corrected chi connectivity index (χ0v) is 30.0. The molecule has 0 atom stereocenters. The van der Waals surface area contributed by atoms with Gasteiger partial charge in [0.15, 0.2) is 11.6 Å². The fourth-order valence-corrected chi connectivity index (χ4v) is 8.73. The number of hydrogen-bond acceptors (Lipinski definition) is 4. The normalized spacial score (nSPS) is 11.9. The van der Waals surface area contributed by atoms with E-state index >= 15 is 0 Å². The van der Waals surface area contributed by atoms with Gasteiger partial charge < -0.3 is 4.42 Å². The van der Waals surface area contributed by atoms with Crippen LogP contribution in [0.3, 0.4) is 0 Å². The van der Waals surface area contributed by atoms with Crippen molar-refractivity contribution in [2.45, 2.75) is 0 Å². The van der Waals surface area contributed by atoms with Crippen LogP contribution in [0.5, 0.6) is 0 Å². The molecule has 260 valence electrons. The van der Waals surface area contributed by atoms with Crippen LogP contribution in [0.25, 0.3) is 116 Å². The summed E-state index contributed by atoms with van der Waals surface area (Å²) in [6.45, 7) is 0. The van der Waals surface area contributed by atoms with E-state index in [2.05, 4.69) is 120 Å². The van der Waals surface area contributed by atoms with Crippen molar-refractivity contribution >= 4 is 76.1 Å². The molecule has 5 heteroatoms. The predicted molar refractivity (Wildman–Crippen MR) is 230 cm³/mol. The number of benzene rings is 9. The average molecular weight is 715 g/mol. The molecule has 56 heavy (non-hydrogen) atoms. The van der Waals surface area contributed by atoms with E-state index in [1.54, 1.807) is 0 Å². The standard InChI is InChI=1S/C51H30N4O/c1-3-15-31(16-4-1)49-52-50(32-17-5-2-6-18-32)54-51(53-49)55-44-25-13-11-24-40(44)46-47(55)41(30-43-39-23-12-14-26-45(39)56-48(43)46)33-27-28-38-36-21-8-7-19-34(36)35-20-9-10-22-37(35)42(38)29-33/h1-30H. The zero-order chi connectivity index (χ0) is 36.7. The van der Waals surface area contributed by atoms with Gasteiger partial charge in [0.25, 0.3) is 0 Å². The second-order valence-corrected chi connectivity index (χ2v) is 14.3. The Morgan fingerprint density at radius 1 is 0.375 bits per heavy atom. The molecular weight excluding hydrogens is 685 g/mol. The summed E-state index contributed by atoms with van der Waals surface area (Å²) in [6.07, 6.45) is 0. The quantitative estimate of drug-likeness (QED) is 0.170. The largest absolute Gasteiger partial charge is 0.455 e. The highest BCUT2D eigenvalue weighted by Crippen LogP contribution is 2.46. The van der Waals surface area contributed by atoms with Crippen molar-refractivity contribution in [1.82, 2.24) is 19.5 Å². The molecule has 0 saturated heterocycles. The minimum Gasteiger partial charge on any atom is -0.455 e. The van der Waals surface area contributed by atoms with E-state index in [1.165, 1.54) is 32.3 Å². The molecule has 3 heterocycles. The lowest BCUT2D eigenvalue weighted by Gasteiger charge is -2.15. The van der Waals surface area contributed by atoms with Crippen LogP contribution in [0.4, 0.5) is 0 Å². The number of nitrogens with zero attached hydrogens (tertiary/aromatic N) is 4. The first kappa shape index (κ1) is 30.8. The Balaban J connectivity index is 1.25. The molecule has 0 saturated carbocycles. The van der Waals surface area contributed by atoms with Gasteiger partial charge in [-0.1, -0.05) is 158 Å². The maximum absolute atomic E-state index is 6.81. The molecule has 0 bridgehead atoms. The lowest BCUT2D eigenvalue weighted by Crippen LogP contribution is -2.07. The van der Waals surface area contributed by atoms with E-state index in [0.717, 1.165) is 66.0 Å². The molecular formula is C51H30N4O. The molecule has 0 fully saturated rings. The number of para-hydroxylation sites is 2. The van der Waals surface area contributed by atoms with Crippen LogP contribution in [0.2, 0.25) is 0 Å². The molecule has 12 aromatic rings. The molecule has 12 rings (SSSR count). The van der Waals surface area contributed by atoms with Gasteiger partial charge in [-0.15, -0.1) is 0 Å². The second-order valence-electron chi connectivity index (χ2n) is 14.3. The predicted octanol–water partition coefficient (Wildman–Crippen LogP) is 13.3. The Kier molecular flexibility index (Phi) is 6.56. The first-order valence-electron chi connectivity index (χ1n) is 18.9. The number of hydrogen-bond donors (Lipinski definition) is 0. The Hall–Kier alpha value is -7.63. The van der Waals surface area contributed by atoms with E-state index in [0.29, 0.717) is 17.6 Å². The van der Waals surface area contributed by atoms with Crippen molar-refractivity contribution in [1.29, 1.82) is 0 Å². The molecule has 0 N–H and O–H groups in total. The summed E-state index contributed by atoms with van der Waals surface area (Å²) >= 11 is 0. The van der Waals surface area contributed by atoms with Gasteiger partial charge in [-0.05, 0) is 62.1 Å². The van der Waals surface area contributed by atoms with E-state index in [1.807, 2.05) is 66.7 Å². The van der Waals surface area contributed by atoms with Crippen molar-refractivity contribution in [3.05, 3.63) is 182 Å². The Morgan fingerprint density at radius 2 is 0.893 bits per heavy atom. The smallest absolute Gasteiger partial charge is 0.238 e. The van der Waals surface area contributed by atoms with Crippen LogP contribution in [-0.4, -0.2) is 19.5 Å².